The molecular weight excluding hydrogens is 282 g/mol. The van der Waals surface area contributed by atoms with Crippen LogP contribution in [-0.4, -0.2) is 15.2 Å². The van der Waals surface area contributed by atoms with Crippen molar-refractivity contribution in [3.05, 3.63) is 54.8 Å². The highest BCUT2D eigenvalue weighted by Crippen LogP contribution is 2.35. The summed E-state index contributed by atoms with van der Waals surface area (Å²) in [4.78, 5) is 4.39. The van der Waals surface area contributed by atoms with Crippen LogP contribution in [-0.2, 0) is 0 Å². The van der Waals surface area contributed by atoms with E-state index in [1.807, 2.05) is 0 Å². The molecule has 2 aromatic carbocycles. The molecule has 0 spiro atoms. The van der Waals surface area contributed by atoms with Crippen LogP contribution in [0.3, 0.4) is 0 Å². The first-order valence-electron chi connectivity index (χ1n) is 6.67. The van der Waals surface area contributed by atoms with Gasteiger partial charge in [-0.05, 0) is 42.5 Å². The lowest BCUT2D eigenvalue weighted by atomic mass is 10.1. The zero-order chi connectivity index (χ0) is 15.1. The van der Waals surface area contributed by atoms with Crippen LogP contribution < -0.4 is 0 Å². The maximum Gasteiger partial charge on any atom is 0.227 e. The fourth-order valence-corrected chi connectivity index (χ4v) is 2.36. The molecule has 2 heterocycles. The van der Waals surface area contributed by atoms with Crippen LogP contribution in [0.4, 0.5) is 0 Å². The Morgan fingerprint density at radius 3 is 2.45 bits per heavy atom. The zero-order valence-corrected chi connectivity index (χ0v) is 11.4. The molecule has 0 saturated carbocycles. The zero-order valence-electron chi connectivity index (χ0n) is 11.4. The van der Waals surface area contributed by atoms with Crippen molar-refractivity contribution in [1.82, 2.24) is 4.98 Å². The first-order chi connectivity index (χ1) is 10.7. The van der Waals surface area contributed by atoms with Crippen LogP contribution in [0.5, 0.6) is 11.5 Å². The van der Waals surface area contributed by atoms with Gasteiger partial charge in [0.05, 0.1) is 11.8 Å². The quantitative estimate of drug-likeness (QED) is 0.580. The molecule has 4 aromatic rings. The van der Waals surface area contributed by atoms with Gasteiger partial charge in [-0.1, -0.05) is 0 Å². The molecule has 0 saturated heterocycles. The second kappa shape index (κ2) is 4.66. The lowest BCUT2D eigenvalue weighted by molar-refractivity contribution is 0.474. The number of phenols is 2. The fraction of sp³-hybridized carbons (Fsp3) is 0. The fourth-order valence-electron chi connectivity index (χ4n) is 2.36. The molecule has 0 atom stereocenters. The Kier molecular flexibility index (Phi) is 2.66. The van der Waals surface area contributed by atoms with Gasteiger partial charge in [-0.15, -0.1) is 0 Å². The molecule has 4 rings (SSSR count). The number of rotatable bonds is 2. The normalized spacial score (nSPS) is 11.1. The molecule has 0 amide bonds. The van der Waals surface area contributed by atoms with E-state index in [0.717, 1.165) is 5.56 Å². The van der Waals surface area contributed by atoms with E-state index in [4.69, 9.17) is 8.83 Å². The van der Waals surface area contributed by atoms with Gasteiger partial charge in [0.2, 0.25) is 5.89 Å². The molecule has 5 heteroatoms. The predicted octanol–water partition coefficient (Wildman–Crippen LogP) is 4.17. The highest BCUT2D eigenvalue weighted by atomic mass is 16.4. The van der Waals surface area contributed by atoms with Crippen LogP contribution >= 0.6 is 0 Å². The van der Waals surface area contributed by atoms with Crippen molar-refractivity contribution in [3.8, 4) is 34.3 Å². The van der Waals surface area contributed by atoms with Gasteiger partial charge in [0, 0.05) is 11.6 Å². The van der Waals surface area contributed by atoms with Gasteiger partial charge >= 0.3 is 0 Å². The summed E-state index contributed by atoms with van der Waals surface area (Å²) in [5.74, 6) is 1.26. The van der Waals surface area contributed by atoms with Crippen LogP contribution in [0.1, 0.15) is 0 Å². The van der Waals surface area contributed by atoms with Crippen molar-refractivity contribution in [2.75, 3.05) is 0 Å². The van der Waals surface area contributed by atoms with Crippen molar-refractivity contribution in [2.45, 2.75) is 0 Å². The third-order valence-electron chi connectivity index (χ3n) is 3.38. The highest BCUT2D eigenvalue weighted by molar-refractivity contribution is 5.91. The molecular formula is C17H11NO4. The van der Waals surface area contributed by atoms with E-state index in [1.54, 1.807) is 48.7 Å². The average molecular weight is 293 g/mol. The van der Waals surface area contributed by atoms with E-state index in [0.29, 0.717) is 28.3 Å². The van der Waals surface area contributed by atoms with E-state index in [1.165, 1.54) is 6.07 Å². The SMILES string of the molecule is Oc1ccc(-c2nc3cc(O)cc(-c4ccco4)c3o2)cc1. The standard InChI is InChI=1S/C17H11NO4/c19-11-5-3-10(4-6-11)17-18-14-9-12(20)8-13(16(14)22-17)15-2-1-7-21-15/h1-9,19-20H. The summed E-state index contributed by atoms with van der Waals surface area (Å²) in [6.07, 6.45) is 1.56. The molecule has 0 bridgehead atoms. The van der Waals surface area contributed by atoms with Crippen molar-refractivity contribution in [2.24, 2.45) is 0 Å². The summed E-state index contributed by atoms with van der Waals surface area (Å²) >= 11 is 0. The number of phenolic OH excluding ortho intramolecular Hbond substituents is 2. The van der Waals surface area contributed by atoms with Gasteiger partial charge in [-0.2, -0.15) is 0 Å². The summed E-state index contributed by atoms with van der Waals surface area (Å²) in [6.45, 7) is 0. The Morgan fingerprint density at radius 2 is 1.73 bits per heavy atom. The number of fused-ring (bicyclic) bond motifs is 1. The molecule has 0 fully saturated rings. The third kappa shape index (κ3) is 2.00. The molecule has 0 aliphatic heterocycles. The third-order valence-corrected chi connectivity index (χ3v) is 3.38. The van der Waals surface area contributed by atoms with Gasteiger partial charge in [0.1, 0.15) is 22.8 Å². The number of nitrogens with zero attached hydrogens (tertiary/aromatic N) is 1. The monoisotopic (exact) mass is 293 g/mol. The van der Waals surface area contributed by atoms with Crippen LogP contribution in [0.15, 0.2) is 63.6 Å². The summed E-state index contributed by atoms with van der Waals surface area (Å²) in [6, 6.07) is 13.2. The molecule has 2 aromatic heterocycles. The molecule has 5 nitrogen and oxygen atoms in total. The van der Waals surface area contributed by atoms with Gasteiger partial charge in [-0.25, -0.2) is 4.98 Å². The maximum absolute atomic E-state index is 9.87. The van der Waals surface area contributed by atoms with Gasteiger partial charge in [0.25, 0.3) is 0 Å². The van der Waals surface area contributed by atoms with E-state index >= 15 is 0 Å². The topological polar surface area (TPSA) is 79.6 Å². The summed E-state index contributed by atoms with van der Waals surface area (Å²) in [5, 5.41) is 19.2. The molecule has 22 heavy (non-hydrogen) atoms. The smallest absolute Gasteiger partial charge is 0.227 e. The minimum absolute atomic E-state index is 0.0875. The Hall–Kier alpha value is -3.21. The maximum atomic E-state index is 9.87. The highest BCUT2D eigenvalue weighted by Gasteiger charge is 2.16. The Morgan fingerprint density at radius 1 is 0.909 bits per heavy atom. The number of oxazole rings is 1. The Labute approximate surface area is 125 Å². The van der Waals surface area contributed by atoms with E-state index in [9.17, 15) is 10.2 Å². The average Bonchev–Trinajstić information content (AvgIpc) is 3.16. The number of hydrogen-bond donors (Lipinski definition) is 2. The summed E-state index contributed by atoms with van der Waals surface area (Å²) < 4.78 is 11.2. The van der Waals surface area contributed by atoms with Crippen LogP contribution in [0, 0.1) is 0 Å². The number of benzene rings is 2. The van der Waals surface area contributed by atoms with E-state index in [-0.39, 0.29) is 11.5 Å². The van der Waals surface area contributed by atoms with Crippen LogP contribution in [0.2, 0.25) is 0 Å². The predicted molar refractivity (Wildman–Crippen MR) is 80.5 cm³/mol. The lowest BCUT2D eigenvalue weighted by Gasteiger charge is -1.99. The first-order valence-corrected chi connectivity index (χ1v) is 6.67. The summed E-state index contributed by atoms with van der Waals surface area (Å²) in [7, 11) is 0. The molecule has 0 aliphatic rings. The number of aromatic nitrogens is 1. The second-order valence-corrected chi connectivity index (χ2v) is 4.88. The van der Waals surface area contributed by atoms with E-state index in [2.05, 4.69) is 4.98 Å². The minimum atomic E-state index is 0.0875. The largest absolute Gasteiger partial charge is 0.508 e. The Bertz CT molecular complexity index is 937. The minimum Gasteiger partial charge on any atom is -0.508 e. The summed E-state index contributed by atoms with van der Waals surface area (Å²) in [5.41, 5.74) is 2.45. The van der Waals surface area contributed by atoms with Crippen molar-refractivity contribution in [1.29, 1.82) is 0 Å². The molecule has 0 unspecified atom stereocenters. The Balaban J connectivity index is 1.94. The molecule has 0 aliphatic carbocycles. The second-order valence-electron chi connectivity index (χ2n) is 4.88. The van der Waals surface area contributed by atoms with Crippen LogP contribution in [0.25, 0.3) is 33.9 Å². The van der Waals surface area contributed by atoms with Crippen molar-refractivity contribution in [3.63, 3.8) is 0 Å². The molecule has 2 N–H and O–H groups in total. The van der Waals surface area contributed by atoms with Gasteiger partial charge in [0.15, 0.2) is 5.58 Å². The lowest BCUT2D eigenvalue weighted by Crippen LogP contribution is -1.77. The van der Waals surface area contributed by atoms with E-state index < -0.39 is 0 Å². The van der Waals surface area contributed by atoms with Gasteiger partial charge < -0.3 is 19.0 Å². The first kappa shape index (κ1) is 12.5. The van der Waals surface area contributed by atoms with Crippen molar-refractivity contribution < 1.29 is 19.0 Å². The number of furan rings is 1. The number of aromatic hydroxyl groups is 2. The van der Waals surface area contributed by atoms with Crippen molar-refractivity contribution >= 4 is 11.1 Å². The molecule has 108 valence electrons. The number of hydrogen-bond acceptors (Lipinski definition) is 5. The van der Waals surface area contributed by atoms with Gasteiger partial charge in [-0.3, -0.25) is 0 Å². The molecule has 0 radical (unpaired) electrons.